The van der Waals surface area contributed by atoms with Crippen LogP contribution >= 0.6 is 0 Å². The van der Waals surface area contributed by atoms with Crippen LogP contribution in [-0.2, 0) is 11.3 Å². The first kappa shape index (κ1) is 13.1. The van der Waals surface area contributed by atoms with Gasteiger partial charge in [-0.05, 0) is 32.2 Å². The van der Waals surface area contributed by atoms with Gasteiger partial charge in [-0.25, -0.2) is 4.98 Å². The highest BCUT2D eigenvalue weighted by Crippen LogP contribution is 2.28. The van der Waals surface area contributed by atoms with Gasteiger partial charge in [0.2, 0.25) is 0 Å². The number of nitrogens with one attached hydrogen (secondary N) is 1. The van der Waals surface area contributed by atoms with E-state index in [-0.39, 0.29) is 0 Å². The molecule has 0 saturated carbocycles. The first-order valence-corrected chi connectivity index (χ1v) is 7.70. The number of nitrogens with zero attached hydrogens (tertiary/aromatic N) is 2. The van der Waals surface area contributed by atoms with Crippen molar-refractivity contribution in [3.63, 3.8) is 0 Å². The van der Waals surface area contributed by atoms with Crippen LogP contribution in [0.15, 0.2) is 12.5 Å². The zero-order valence-corrected chi connectivity index (χ0v) is 11.8. The fourth-order valence-electron chi connectivity index (χ4n) is 3.53. The van der Waals surface area contributed by atoms with Crippen molar-refractivity contribution in [2.45, 2.75) is 51.2 Å². The summed E-state index contributed by atoms with van der Waals surface area (Å²) < 4.78 is 8.18. The number of piperidine rings is 1. The van der Waals surface area contributed by atoms with Gasteiger partial charge in [0.25, 0.3) is 0 Å². The molecule has 3 unspecified atom stereocenters. The third-order valence-corrected chi connectivity index (χ3v) is 4.64. The molecule has 0 radical (unpaired) electrons. The van der Waals surface area contributed by atoms with E-state index in [1.807, 2.05) is 6.33 Å². The van der Waals surface area contributed by atoms with Crippen molar-refractivity contribution < 1.29 is 4.74 Å². The maximum Gasteiger partial charge on any atom is 0.0948 e. The topological polar surface area (TPSA) is 39.1 Å². The quantitative estimate of drug-likeness (QED) is 0.905. The standard InChI is InChI=1S/C15H25N3O/c1-2-15-13(5-7-19-15)10-18-11-17-9-14(18)12-4-3-6-16-8-12/h9,11-13,15-16H,2-8,10H2,1H3. The predicted octanol–water partition coefficient (Wildman–Crippen LogP) is 2.17. The summed E-state index contributed by atoms with van der Waals surface area (Å²) in [5.41, 5.74) is 1.41. The third-order valence-electron chi connectivity index (χ3n) is 4.64. The highest BCUT2D eigenvalue weighted by atomic mass is 16.5. The second-order valence-electron chi connectivity index (χ2n) is 5.88. The van der Waals surface area contributed by atoms with Crippen molar-refractivity contribution in [1.29, 1.82) is 0 Å². The smallest absolute Gasteiger partial charge is 0.0948 e. The minimum Gasteiger partial charge on any atom is -0.378 e. The molecule has 3 atom stereocenters. The van der Waals surface area contributed by atoms with E-state index in [9.17, 15) is 0 Å². The number of aromatic nitrogens is 2. The summed E-state index contributed by atoms with van der Waals surface area (Å²) in [5, 5.41) is 3.50. The van der Waals surface area contributed by atoms with Gasteiger partial charge >= 0.3 is 0 Å². The lowest BCUT2D eigenvalue weighted by molar-refractivity contribution is 0.0832. The zero-order chi connectivity index (χ0) is 13.1. The van der Waals surface area contributed by atoms with Gasteiger partial charge in [0.05, 0.1) is 12.4 Å². The van der Waals surface area contributed by atoms with Gasteiger partial charge in [0.1, 0.15) is 0 Å². The molecule has 0 bridgehead atoms. The minimum atomic E-state index is 0.444. The van der Waals surface area contributed by atoms with E-state index >= 15 is 0 Å². The summed E-state index contributed by atoms with van der Waals surface area (Å²) in [4.78, 5) is 4.38. The van der Waals surface area contributed by atoms with Gasteiger partial charge in [-0.1, -0.05) is 6.92 Å². The molecule has 2 saturated heterocycles. The van der Waals surface area contributed by atoms with Crippen LogP contribution in [0.5, 0.6) is 0 Å². The summed E-state index contributed by atoms with van der Waals surface area (Å²) in [5.74, 6) is 1.30. The van der Waals surface area contributed by atoms with Crippen molar-refractivity contribution >= 4 is 0 Å². The third kappa shape index (κ3) is 2.84. The molecule has 1 N–H and O–H groups in total. The number of ether oxygens (including phenoxy) is 1. The van der Waals surface area contributed by atoms with E-state index in [0.29, 0.717) is 17.9 Å². The number of rotatable bonds is 4. The van der Waals surface area contributed by atoms with E-state index in [4.69, 9.17) is 4.74 Å². The predicted molar refractivity (Wildman–Crippen MR) is 75.2 cm³/mol. The highest BCUT2D eigenvalue weighted by Gasteiger charge is 2.28. The molecule has 0 aromatic carbocycles. The average molecular weight is 263 g/mol. The second-order valence-corrected chi connectivity index (χ2v) is 5.88. The largest absolute Gasteiger partial charge is 0.378 e. The molecule has 1 aromatic rings. The molecule has 106 valence electrons. The van der Waals surface area contributed by atoms with Gasteiger partial charge < -0.3 is 14.6 Å². The summed E-state index contributed by atoms with van der Waals surface area (Å²) in [6.45, 7) is 6.49. The van der Waals surface area contributed by atoms with Gasteiger partial charge in [0, 0.05) is 43.4 Å². The van der Waals surface area contributed by atoms with Crippen LogP contribution in [0.4, 0.5) is 0 Å². The van der Waals surface area contributed by atoms with Crippen LogP contribution in [0.25, 0.3) is 0 Å². The van der Waals surface area contributed by atoms with Crippen LogP contribution in [0, 0.1) is 5.92 Å². The second kappa shape index (κ2) is 6.06. The van der Waals surface area contributed by atoms with Crippen LogP contribution in [-0.4, -0.2) is 35.4 Å². The fourth-order valence-corrected chi connectivity index (χ4v) is 3.53. The first-order valence-electron chi connectivity index (χ1n) is 7.70. The molecule has 2 aliphatic rings. The lowest BCUT2D eigenvalue weighted by atomic mass is 9.95. The summed E-state index contributed by atoms with van der Waals surface area (Å²) in [6, 6.07) is 0. The van der Waals surface area contributed by atoms with Crippen molar-refractivity contribution in [2.75, 3.05) is 19.7 Å². The SMILES string of the molecule is CCC1OCCC1Cn1cncc1C1CCCNC1. The molecule has 19 heavy (non-hydrogen) atoms. The molecular weight excluding hydrogens is 238 g/mol. The molecule has 3 heterocycles. The molecular formula is C15H25N3O. The molecule has 0 spiro atoms. The van der Waals surface area contributed by atoms with Crippen LogP contribution < -0.4 is 5.32 Å². The van der Waals surface area contributed by atoms with Crippen molar-refractivity contribution in [3.05, 3.63) is 18.2 Å². The van der Waals surface area contributed by atoms with Gasteiger partial charge in [-0.2, -0.15) is 0 Å². The highest BCUT2D eigenvalue weighted by molar-refractivity contribution is 5.08. The van der Waals surface area contributed by atoms with Crippen LogP contribution in [0.2, 0.25) is 0 Å². The fraction of sp³-hybridized carbons (Fsp3) is 0.800. The number of hydrogen-bond acceptors (Lipinski definition) is 3. The molecule has 4 heteroatoms. The van der Waals surface area contributed by atoms with Crippen LogP contribution in [0.3, 0.4) is 0 Å². The lowest BCUT2D eigenvalue weighted by Crippen LogP contribution is -2.30. The molecule has 4 nitrogen and oxygen atoms in total. The van der Waals surface area contributed by atoms with Gasteiger partial charge in [-0.3, -0.25) is 0 Å². The number of hydrogen-bond donors (Lipinski definition) is 1. The van der Waals surface area contributed by atoms with E-state index in [2.05, 4.69) is 28.0 Å². The van der Waals surface area contributed by atoms with E-state index in [1.54, 1.807) is 0 Å². The maximum absolute atomic E-state index is 5.80. The molecule has 0 amide bonds. The summed E-state index contributed by atoms with van der Waals surface area (Å²) >= 11 is 0. The Morgan fingerprint density at radius 1 is 1.47 bits per heavy atom. The maximum atomic E-state index is 5.80. The molecule has 2 aliphatic heterocycles. The Bertz CT molecular complexity index is 398. The van der Waals surface area contributed by atoms with Gasteiger partial charge in [0.15, 0.2) is 0 Å². The van der Waals surface area contributed by atoms with Crippen LogP contribution in [0.1, 0.15) is 44.2 Å². The summed E-state index contributed by atoms with van der Waals surface area (Å²) in [7, 11) is 0. The zero-order valence-electron chi connectivity index (χ0n) is 11.8. The number of imidazole rings is 1. The lowest BCUT2D eigenvalue weighted by Gasteiger charge is -2.25. The Balaban J connectivity index is 1.69. The normalized spacial score (nSPS) is 31.7. The van der Waals surface area contributed by atoms with Crippen molar-refractivity contribution in [1.82, 2.24) is 14.9 Å². The average Bonchev–Trinajstić information content (AvgIpc) is 3.09. The Hall–Kier alpha value is -0.870. The molecule has 3 rings (SSSR count). The van der Waals surface area contributed by atoms with Gasteiger partial charge in [-0.15, -0.1) is 0 Å². The first-order chi connectivity index (χ1) is 9.38. The van der Waals surface area contributed by atoms with E-state index < -0.39 is 0 Å². The Labute approximate surface area is 115 Å². The van der Waals surface area contributed by atoms with Crippen molar-refractivity contribution in [2.24, 2.45) is 5.92 Å². The minimum absolute atomic E-state index is 0.444. The van der Waals surface area contributed by atoms with E-state index in [1.165, 1.54) is 31.5 Å². The molecule has 0 aliphatic carbocycles. The Kier molecular flexibility index (Phi) is 4.18. The van der Waals surface area contributed by atoms with Crippen molar-refractivity contribution in [3.8, 4) is 0 Å². The Morgan fingerprint density at radius 2 is 2.42 bits per heavy atom. The Morgan fingerprint density at radius 3 is 3.21 bits per heavy atom. The molecule has 1 aromatic heterocycles. The summed E-state index contributed by atoms with van der Waals surface area (Å²) in [6.07, 6.45) is 9.40. The monoisotopic (exact) mass is 263 g/mol. The molecule has 2 fully saturated rings. The van der Waals surface area contributed by atoms with E-state index in [0.717, 1.165) is 26.1 Å².